The summed E-state index contributed by atoms with van der Waals surface area (Å²) >= 11 is 0. The van der Waals surface area contributed by atoms with E-state index in [1.54, 1.807) is 34.1 Å². The Morgan fingerprint density at radius 1 is 0.605 bits per heavy atom. The van der Waals surface area contributed by atoms with Crippen molar-refractivity contribution in [3.8, 4) is 0 Å². The van der Waals surface area contributed by atoms with E-state index < -0.39 is 0 Å². The molecule has 4 saturated carbocycles. The molecular formula is C31H40Fe2O4Y+4. The van der Waals surface area contributed by atoms with Crippen LogP contribution in [0.3, 0.4) is 0 Å². The largest absolute Gasteiger partial charge is 2.00 e. The van der Waals surface area contributed by atoms with Gasteiger partial charge in [-0.3, -0.25) is 4.79 Å². The van der Waals surface area contributed by atoms with Crippen LogP contribution in [0.1, 0.15) is 41.5 Å². The van der Waals surface area contributed by atoms with Crippen LogP contribution in [0.5, 0.6) is 0 Å². The van der Waals surface area contributed by atoms with Crippen molar-refractivity contribution in [3.63, 3.8) is 0 Å². The van der Waals surface area contributed by atoms with E-state index in [1.807, 2.05) is 110 Å². The van der Waals surface area contributed by atoms with Gasteiger partial charge in [-0.15, -0.1) is 0 Å². The number of aliphatic hydroxyl groups is 3. The van der Waals surface area contributed by atoms with Crippen molar-refractivity contribution in [1.82, 2.24) is 0 Å². The maximum Gasteiger partial charge on any atom is 2.00 e. The molecule has 0 saturated heterocycles. The normalized spacial score (nSPS) is 19.8. The zero-order valence-corrected chi connectivity index (χ0v) is 28.1. The zero-order chi connectivity index (χ0) is 26.6. The Labute approximate surface area is 282 Å². The molecule has 4 aliphatic carbocycles. The molecule has 7 heteroatoms. The molecule has 0 heterocycles. The first kappa shape index (κ1) is 46.2. The summed E-state index contributed by atoms with van der Waals surface area (Å²) in [5, 5.41) is 25.4. The maximum absolute atomic E-state index is 12.3. The number of hydrogen-bond donors (Lipinski definition) is 3. The van der Waals surface area contributed by atoms with Gasteiger partial charge in [0.25, 0.3) is 0 Å². The molecule has 4 nitrogen and oxygen atoms in total. The molecule has 3 N–H and O–H groups in total. The number of hydrogen-bond acceptors (Lipinski definition) is 4. The van der Waals surface area contributed by atoms with Gasteiger partial charge in [0.1, 0.15) is 0 Å². The van der Waals surface area contributed by atoms with Gasteiger partial charge in [-0.25, -0.2) is 0 Å². The first-order valence-electron chi connectivity index (χ1n) is 11.6. The summed E-state index contributed by atoms with van der Waals surface area (Å²) in [6.07, 6.45) is 31.7. The second-order valence-corrected chi connectivity index (χ2v) is 8.23. The molecule has 203 valence electrons. The van der Waals surface area contributed by atoms with Crippen molar-refractivity contribution in [2.45, 2.75) is 53.8 Å². The predicted octanol–water partition coefficient (Wildman–Crippen LogP) is 5.40. The van der Waals surface area contributed by atoms with Crippen LogP contribution < -0.4 is 0 Å². The smallest absolute Gasteiger partial charge is 0.515 e. The van der Waals surface area contributed by atoms with Crippen LogP contribution in [0.25, 0.3) is 0 Å². The van der Waals surface area contributed by atoms with Crippen LogP contribution in [-0.4, -0.2) is 33.3 Å². The number of Topliss-reactive ketones (excluding diaryl/α,β-unsaturated/α-hetero) is 1. The minimum atomic E-state index is -0.167. The summed E-state index contributed by atoms with van der Waals surface area (Å²) in [4.78, 5) is 12.3. The van der Waals surface area contributed by atoms with Gasteiger partial charge in [0.2, 0.25) is 0 Å². The van der Waals surface area contributed by atoms with Crippen LogP contribution in [0.2, 0.25) is 0 Å². The van der Waals surface area contributed by atoms with Crippen LogP contribution in [0.4, 0.5) is 0 Å². The minimum Gasteiger partial charge on any atom is -0.515 e. The molecule has 0 unspecified atom stereocenters. The van der Waals surface area contributed by atoms with Gasteiger partial charge in [0.05, 0.1) is 12.2 Å². The van der Waals surface area contributed by atoms with E-state index in [9.17, 15) is 9.90 Å². The first-order chi connectivity index (χ1) is 16.6. The molecule has 0 aromatic rings. The molecule has 38 heavy (non-hydrogen) atoms. The summed E-state index contributed by atoms with van der Waals surface area (Å²) in [6, 6.07) is 0. The van der Waals surface area contributed by atoms with Gasteiger partial charge in [-0.1, -0.05) is 13.8 Å². The Kier molecular flexibility index (Phi) is 36.2. The molecule has 0 aliphatic heterocycles. The molecule has 4 fully saturated rings. The summed E-state index contributed by atoms with van der Waals surface area (Å²) < 4.78 is 0. The molecule has 0 amide bonds. The second-order valence-electron chi connectivity index (χ2n) is 8.23. The van der Waals surface area contributed by atoms with Crippen molar-refractivity contribution < 1.29 is 87.0 Å². The Bertz CT molecular complexity index is 513. The Morgan fingerprint density at radius 2 is 0.868 bits per heavy atom. The van der Waals surface area contributed by atoms with E-state index in [4.69, 9.17) is 10.2 Å². The number of ketones is 1. The van der Waals surface area contributed by atoms with Gasteiger partial charge in [0, 0.05) is 56.4 Å². The SMILES string of the molecule is CC(C)O.CC(C)O.C[C]1[CH][CH][CH][C]1C(=O)/C(=C\O)[C]1[CH][CH][CH][C]1C.[CH]1[CH][CH][CH][CH]1.[CH]1[CH][CH][CH][CH]1.[Fe+2].[Fe+2].[Y]. The molecule has 0 aromatic heterocycles. The monoisotopic (exact) mass is 677 g/mol. The van der Waals surface area contributed by atoms with Crippen molar-refractivity contribution in [1.29, 1.82) is 0 Å². The minimum absolute atomic E-state index is 0. The van der Waals surface area contributed by atoms with Crippen molar-refractivity contribution in [3.05, 3.63) is 138 Å². The summed E-state index contributed by atoms with van der Waals surface area (Å²) in [6.45, 7) is 10.7. The number of carbonyl (C=O) groups excluding carboxylic acids is 1. The zero-order valence-electron chi connectivity index (χ0n) is 23.0. The predicted molar refractivity (Wildman–Crippen MR) is 144 cm³/mol. The molecule has 0 aromatic carbocycles. The number of carbonyl (C=O) groups is 1. The molecule has 4 rings (SSSR count). The summed E-state index contributed by atoms with van der Waals surface area (Å²) in [5.41, 5.74) is 0.349. The number of rotatable bonds is 3. The summed E-state index contributed by atoms with van der Waals surface area (Å²) in [7, 11) is 0. The van der Waals surface area contributed by atoms with Gasteiger partial charge in [0.15, 0.2) is 5.78 Å². The second kappa shape index (κ2) is 29.8. The fourth-order valence-corrected chi connectivity index (χ4v) is 2.61. The first-order valence-corrected chi connectivity index (χ1v) is 11.6. The third-order valence-electron chi connectivity index (χ3n) is 4.09. The van der Waals surface area contributed by atoms with E-state index >= 15 is 0 Å². The molecule has 0 atom stereocenters. The summed E-state index contributed by atoms with van der Waals surface area (Å²) in [5.74, 6) is 3.22. The van der Waals surface area contributed by atoms with Crippen LogP contribution in [0.15, 0.2) is 11.8 Å². The van der Waals surface area contributed by atoms with Crippen LogP contribution in [-0.2, 0) is 71.6 Å². The van der Waals surface area contributed by atoms with Crippen LogP contribution >= 0.6 is 0 Å². The standard InChI is InChI=1S/C15H14O2.2C5H5.2C3H8O.2Fe.Y/c1-10-5-3-7-12(10)14(9-16)15(17)13-8-4-6-11(13)2;2*1-2-4-5-3-1;2*1-3(2)4;;;/h3-9,16H,1-2H3;2*1-5H;2*3-4H,1-2H3;;;/q;;;;;2*+2;/b14-9-;;;;;;;. The quantitative estimate of drug-likeness (QED) is 0.213. The van der Waals surface area contributed by atoms with E-state index in [0.29, 0.717) is 11.5 Å². The number of aliphatic hydroxyl groups excluding tert-OH is 3. The third kappa shape index (κ3) is 23.9. The Hall–Kier alpha value is 1.27. The van der Waals surface area contributed by atoms with Crippen molar-refractivity contribution in [2.24, 2.45) is 0 Å². The molecule has 4 aliphatic rings. The Morgan fingerprint density at radius 3 is 1.08 bits per heavy atom. The Balaban J connectivity index is -0.000000227. The molecular weight excluding hydrogens is 637 g/mol. The average Bonchev–Trinajstić information content (AvgIpc) is 3.59. The van der Waals surface area contributed by atoms with Gasteiger partial charge >= 0.3 is 34.1 Å². The van der Waals surface area contributed by atoms with E-state index in [2.05, 4.69) is 0 Å². The van der Waals surface area contributed by atoms with Gasteiger partial charge in [-0.05, 0) is 142 Å². The maximum atomic E-state index is 12.3. The fraction of sp³-hybridized carbons (Fsp3) is 0.258. The van der Waals surface area contributed by atoms with E-state index in [1.165, 1.54) is 0 Å². The molecule has 0 bridgehead atoms. The third-order valence-corrected chi connectivity index (χ3v) is 4.09. The van der Waals surface area contributed by atoms with Crippen LogP contribution in [0, 0.1) is 126 Å². The fourth-order valence-electron chi connectivity index (χ4n) is 2.61. The van der Waals surface area contributed by atoms with Crippen molar-refractivity contribution >= 4 is 5.78 Å². The van der Waals surface area contributed by atoms with E-state index in [0.717, 1.165) is 24.0 Å². The average molecular weight is 677 g/mol. The number of allylic oxidation sites excluding steroid dienone is 1. The topological polar surface area (TPSA) is 77.8 Å². The molecule has 0 spiro atoms. The molecule has 21 radical (unpaired) electrons. The van der Waals surface area contributed by atoms with Crippen molar-refractivity contribution in [2.75, 3.05) is 0 Å². The van der Waals surface area contributed by atoms with E-state index in [-0.39, 0.29) is 84.8 Å². The van der Waals surface area contributed by atoms with Gasteiger partial charge in [-0.2, -0.15) is 0 Å². The van der Waals surface area contributed by atoms with Gasteiger partial charge < -0.3 is 15.3 Å².